The number of benzene rings is 1. The largest absolute Gasteiger partial charge is 0.379 e. The van der Waals surface area contributed by atoms with Crippen molar-refractivity contribution in [2.45, 2.75) is 12.1 Å². The topological polar surface area (TPSA) is 50.9 Å². The van der Waals surface area contributed by atoms with Gasteiger partial charge in [0.1, 0.15) is 5.60 Å². The van der Waals surface area contributed by atoms with Crippen LogP contribution in [-0.2, 0) is 12.1 Å². The first-order valence-electron chi connectivity index (χ1n) is 7.19. The molecular weight excluding hydrogens is 354 g/mol. The van der Waals surface area contributed by atoms with Crippen LogP contribution in [0.25, 0.3) is 6.08 Å². The summed E-state index contributed by atoms with van der Waals surface area (Å²) in [5, 5.41) is 11.2. The molecule has 0 amide bonds. The van der Waals surface area contributed by atoms with E-state index in [9.17, 15) is 5.11 Å². The van der Waals surface area contributed by atoms with Crippen LogP contribution in [0.2, 0.25) is 0 Å². The summed E-state index contributed by atoms with van der Waals surface area (Å²) in [5.74, 6) is 0. The third-order valence-electron chi connectivity index (χ3n) is 3.57. The van der Waals surface area contributed by atoms with E-state index >= 15 is 0 Å². The Balaban J connectivity index is 1.93. The third kappa shape index (κ3) is 3.94. The van der Waals surface area contributed by atoms with Crippen LogP contribution in [-0.4, -0.2) is 19.6 Å². The maximum Gasteiger partial charge on any atom is 0.127 e. The molecule has 0 aliphatic rings. The molecule has 0 saturated heterocycles. The second-order valence-corrected chi connectivity index (χ2v) is 6.20. The predicted octanol–water partition coefficient (Wildman–Crippen LogP) is 3.64. The fourth-order valence-corrected chi connectivity index (χ4v) is 2.59. The first-order valence-corrected chi connectivity index (χ1v) is 7.98. The highest BCUT2D eigenvalue weighted by molar-refractivity contribution is 9.10. The molecule has 0 aliphatic carbocycles. The van der Waals surface area contributed by atoms with Crippen LogP contribution >= 0.6 is 15.9 Å². The molecule has 1 N–H and O–H groups in total. The molecule has 0 radical (unpaired) electrons. The zero-order valence-corrected chi connectivity index (χ0v) is 14.0. The van der Waals surface area contributed by atoms with E-state index in [0.29, 0.717) is 6.54 Å². The zero-order chi connectivity index (χ0) is 16.1. The number of halogens is 1. The summed E-state index contributed by atoms with van der Waals surface area (Å²) in [7, 11) is 0. The number of hydrogen-bond acceptors (Lipinski definition) is 3. The van der Waals surface area contributed by atoms with Gasteiger partial charge in [-0.2, -0.15) is 0 Å². The van der Waals surface area contributed by atoms with E-state index in [-0.39, 0.29) is 0 Å². The minimum absolute atomic E-state index is 0.367. The molecule has 3 rings (SSSR count). The quantitative estimate of drug-likeness (QED) is 0.746. The number of pyridine rings is 1. The van der Waals surface area contributed by atoms with Crippen molar-refractivity contribution in [1.82, 2.24) is 14.5 Å². The van der Waals surface area contributed by atoms with Crippen molar-refractivity contribution in [3.05, 3.63) is 89.2 Å². The average Bonchev–Trinajstić information content (AvgIpc) is 3.08. The fraction of sp³-hybridized carbons (Fsp3) is 0.111. The van der Waals surface area contributed by atoms with E-state index in [0.717, 1.165) is 15.6 Å². The Bertz CT molecular complexity index is 770. The lowest BCUT2D eigenvalue weighted by atomic mass is 9.93. The van der Waals surface area contributed by atoms with Crippen LogP contribution in [0.4, 0.5) is 0 Å². The highest BCUT2D eigenvalue weighted by Crippen LogP contribution is 2.26. The van der Waals surface area contributed by atoms with Gasteiger partial charge in [0.15, 0.2) is 0 Å². The number of hydrogen-bond donors (Lipinski definition) is 1. The molecule has 1 atom stereocenters. The molecule has 4 nitrogen and oxygen atoms in total. The highest BCUT2D eigenvalue weighted by atomic mass is 79.9. The minimum atomic E-state index is -1.16. The van der Waals surface area contributed by atoms with E-state index in [1.54, 1.807) is 31.0 Å². The number of aromatic nitrogens is 3. The third-order valence-corrected chi connectivity index (χ3v) is 4.09. The standard InChI is InChI=1S/C18H16BrN3O/c19-17-5-3-15(4-6-17)7-8-18(23,13-22-11-10-21-14-22)16-2-1-9-20-12-16/h1-12,14,23H,13H2/b8-7+/t18-/m1/s1. The van der Waals surface area contributed by atoms with Crippen molar-refractivity contribution >= 4 is 22.0 Å². The summed E-state index contributed by atoms with van der Waals surface area (Å²) in [5.41, 5.74) is 0.588. The van der Waals surface area contributed by atoms with Gasteiger partial charge in [0.2, 0.25) is 0 Å². The summed E-state index contributed by atoms with van der Waals surface area (Å²) in [4.78, 5) is 8.16. The Kier molecular flexibility index (Phi) is 4.69. The molecule has 0 unspecified atom stereocenters. The Morgan fingerprint density at radius 2 is 1.96 bits per heavy atom. The van der Waals surface area contributed by atoms with Crippen molar-refractivity contribution < 1.29 is 5.11 Å². The van der Waals surface area contributed by atoms with Crippen LogP contribution < -0.4 is 0 Å². The van der Waals surface area contributed by atoms with Gasteiger partial charge in [0.25, 0.3) is 0 Å². The Labute approximate surface area is 143 Å². The SMILES string of the molecule is O[C@](/C=C/c1ccc(Br)cc1)(Cn1ccnc1)c1cccnc1. The van der Waals surface area contributed by atoms with Gasteiger partial charge in [-0.1, -0.05) is 40.2 Å². The first kappa shape index (κ1) is 15.6. The normalized spacial score (nSPS) is 14.0. The Hall–Kier alpha value is -2.24. The Morgan fingerprint density at radius 1 is 1.13 bits per heavy atom. The van der Waals surface area contributed by atoms with E-state index in [1.165, 1.54) is 0 Å². The average molecular weight is 370 g/mol. The molecule has 0 aliphatic heterocycles. The molecule has 0 fully saturated rings. The number of imidazole rings is 1. The number of nitrogens with zero attached hydrogens (tertiary/aromatic N) is 3. The minimum Gasteiger partial charge on any atom is -0.379 e. The summed E-state index contributed by atoms with van der Waals surface area (Å²) in [6.45, 7) is 0.367. The van der Waals surface area contributed by atoms with Crippen molar-refractivity contribution in [2.24, 2.45) is 0 Å². The maximum atomic E-state index is 11.2. The van der Waals surface area contributed by atoms with Crippen LogP contribution in [0.5, 0.6) is 0 Å². The number of rotatable bonds is 5. The van der Waals surface area contributed by atoms with E-state index < -0.39 is 5.60 Å². The monoisotopic (exact) mass is 369 g/mol. The predicted molar refractivity (Wildman–Crippen MR) is 93.5 cm³/mol. The lowest BCUT2D eigenvalue weighted by molar-refractivity contribution is 0.0701. The van der Waals surface area contributed by atoms with Crippen LogP contribution in [0, 0.1) is 0 Å². The van der Waals surface area contributed by atoms with E-state index in [2.05, 4.69) is 25.9 Å². The molecule has 0 saturated carbocycles. The van der Waals surface area contributed by atoms with Crippen LogP contribution in [0.1, 0.15) is 11.1 Å². The highest BCUT2D eigenvalue weighted by Gasteiger charge is 2.27. The van der Waals surface area contributed by atoms with Crippen molar-refractivity contribution in [2.75, 3.05) is 0 Å². The molecule has 0 bridgehead atoms. The van der Waals surface area contributed by atoms with Gasteiger partial charge in [-0.3, -0.25) is 4.98 Å². The summed E-state index contributed by atoms with van der Waals surface area (Å²) in [6, 6.07) is 11.6. The zero-order valence-electron chi connectivity index (χ0n) is 12.4. The van der Waals surface area contributed by atoms with Crippen molar-refractivity contribution in [1.29, 1.82) is 0 Å². The number of aliphatic hydroxyl groups is 1. The molecule has 0 spiro atoms. The van der Waals surface area contributed by atoms with E-state index in [1.807, 2.05) is 53.2 Å². The van der Waals surface area contributed by atoms with Crippen LogP contribution in [0.15, 0.2) is 78.1 Å². The smallest absolute Gasteiger partial charge is 0.127 e. The van der Waals surface area contributed by atoms with Gasteiger partial charge >= 0.3 is 0 Å². The lowest BCUT2D eigenvalue weighted by Gasteiger charge is -2.25. The molecule has 2 heterocycles. The molecule has 2 aromatic heterocycles. The lowest BCUT2D eigenvalue weighted by Crippen LogP contribution is -2.28. The van der Waals surface area contributed by atoms with Gasteiger partial charge in [-0.25, -0.2) is 4.98 Å². The molecule has 1 aromatic carbocycles. The second-order valence-electron chi connectivity index (χ2n) is 5.29. The van der Waals surface area contributed by atoms with Gasteiger partial charge in [0, 0.05) is 34.8 Å². The van der Waals surface area contributed by atoms with Gasteiger partial charge < -0.3 is 9.67 Å². The molecule has 5 heteroatoms. The first-order chi connectivity index (χ1) is 11.2. The molecule has 116 valence electrons. The summed E-state index contributed by atoms with van der Waals surface area (Å²) >= 11 is 3.42. The van der Waals surface area contributed by atoms with Crippen LogP contribution in [0.3, 0.4) is 0 Å². The maximum absolute atomic E-state index is 11.2. The summed E-state index contributed by atoms with van der Waals surface area (Å²) < 4.78 is 2.87. The van der Waals surface area contributed by atoms with Gasteiger partial charge in [-0.05, 0) is 29.8 Å². The van der Waals surface area contributed by atoms with E-state index in [4.69, 9.17) is 0 Å². The Morgan fingerprint density at radius 3 is 2.61 bits per heavy atom. The molecule has 23 heavy (non-hydrogen) atoms. The molecule has 3 aromatic rings. The van der Waals surface area contributed by atoms with Crippen molar-refractivity contribution in [3.8, 4) is 0 Å². The van der Waals surface area contributed by atoms with Gasteiger partial charge in [0.05, 0.1) is 12.9 Å². The van der Waals surface area contributed by atoms with Gasteiger partial charge in [-0.15, -0.1) is 0 Å². The second kappa shape index (κ2) is 6.89. The summed E-state index contributed by atoms with van der Waals surface area (Å²) in [6.07, 6.45) is 12.3. The molecular formula is C18H16BrN3O. The van der Waals surface area contributed by atoms with Crippen molar-refractivity contribution in [3.63, 3.8) is 0 Å². The fourth-order valence-electron chi connectivity index (χ4n) is 2.33.